The van der Waals surface area contributed by atoms with E-state index in [9.17, 15) is 9.59 Å². The summed E-state index contributed by atoms with van der Waals surface area (Å²) >= 11 is 1.57. The molecule has 3 aromatic rings. The maximum Gasteiger partial charge on any atom is 0.274 e. The van der Waals surface area contributed by atoms with Crippen LogP contribution in [0.3, 0.4) is 0 Å². The number of fused-ring (bicyclic) bond motifs is 1. The fourth-order valence-electron chi connectivity index (χ4n) is 5.79. The van der Waals surface area contributed by atoms with Gasteiger partial charge in [0.15, 0.2) is 0 Å². The van der Waals surface area contributed by atoms with E-state index in [4.69, 9.17) is 4.74 Å². The van der Waals surface area contributed by atoms with Crippen molar-refractivity contribution in [2.75, 3.05) is 44.3 Å². The molecule has 1 N–H and O–H groups in total. The van der Waals surface area contributed by atoms with Gasteiger partial charge in [-0.2, -0.15) is 0 Å². The van der Waals surface area contributed by atoms with Gasteiger partial charge >= 0.3 is 0 Å². The van der Waals surface area contributed by atoms with Crippen molar-refractivity contribution in [1.29, 1.82) is 0 Å². The van der Waals surface area contributed by atoms with Gasteiger partial charge in [-0.15, -0.1) is 11.3 Å². The molecule has 2 aromatic carbocycles. The van der Waals surface area contributed by atoms with Crippen LogP contribution in [0.25, 0.3) is 10.4 Å². The molecule has 3 aliphatic rings. The number of hydrogen-bond donors (Lipinski definition) is 1. The van der Waals surface area contributed by atoms with E-state index < -0.39 is 0 Å². The van der Waals surface area contributed by atoms with Gasteiger partial charge in [-0.25, -0.2) is 4.98 Å². The molecule has 2 saturated heterocycles. The number of piperidine rings is 1. The molecule has 3 atom stereocenters. The molecule has 3 heterocycles. The van der Waals surface area contributed by atoms with Crippen molar-refractivity contribution in [3.8, 4) is 10.4 Å². The van der Waals surface area contributed by atoms with Crippen LogP contribution in [0.2, 0.25) is 0 Å². The number of rotatable bonds is 6. The summed E-state index contributed by atoms with van der Waals surface area (Å²) in [6.07, 6.45) is 1.12. The fraction of sp³-hybridized carbons (Fsp3) is 0.414. The summed E-state index contributed by atoms with van der Waals surface area (Å²) in [6, 6.07) is 16.0. The number of ether oxygens (including phenoxy) is 1. The molecule has 37 heavy (non-hydrogen) atoms. The Bertz CT molecular complexity index is 1330. The average molecular weight is 517 g/mol. The Morgan fingerprint density at radius 2 is 1.92 bits per heavy atom. The first-order valence-corrected chi connectivity index (χ1v) is 13.9. The van der Waals surface area contributed by atoms with Crippen LogP contribution in [0.5, 0.6) is 0 Å². The summed E-state index contributed by atoms with van der Waals surface area (Å²) in [5.74, 6) is 0.846. The van der Waals surface area contributed by atoms with Gasteiger partial charge in [0.25, 0.3) is 11.8 Å². The molecule has 0 radical (unpaired) electrons. The van der Waals surface area contributed by atoms with Crippen LogP contribution in [-0.2, 0) is 4.74 Å². The standard InChI is InChI=1S/C29H32N4O3S/c1-18-6-5-7-20(14-18)27-26(31-19(2)37-27)29(35)33-17-21-15-23(21)25(33)16-30-28(34)22-8-3-4-9-24(22)32-10-12-36-13-11-32/h3-9,14,21,23,25H,10-13,15-17H2,1-2H3,(H,30,34)/t21-,23-,25-/m1/s1. The lowest BCUT2D eigenvalue weighted by Gasteiger charge is -2.31. The molecule has 0 unspecified atom stereocenters. The van der Waals surface area contributed by atoms with Crippen LogP contribution in [0, 0.1) is 25.7 Å². The molecular formula is C29H32N4O3S. The van der Waals surface area contributed by atoms with Gasteiger partial charge in [-0.05, 0) is 49.8 Å². The van der Waals surface area contributed by atoms with Crippen LogP contribution >= 0.6 is 11.3 Å². The van der Waals surface area contributed by atoms with Gasteiger partial charge in [-0.1, -0.05) is 42.0 Å². The van der Waals surface area contributed by atoms with Crippen molar-refractivity contribution < 1.29 is 14.3 Å². The van der Waals surface area contributed by atoms with Crippen molar-refractivity contribution in [3.05, 3.63) is 70.4 Å². The van der Waals surface area contributed by atoms with E-state index in [1.807, 2.05) is 48.2 Å². The first kappa shape index (κ1) is 24.1. The monoisotopic (exact) mass is 516 g/mol. The lowest BCUT2D eigenvalue weighted by Crippen LogP contribution is -2.46. The quantitative estimate of drug-likeness (QED) is 0.533. The number of nitrogens with one attached hydrogen (secondary N) is 1. The highest BCUT2D eigenvalue weighted by Crippen LogP contribution is 2.50. The molecule has 6 rings (SSSR count). The van der Waals surface area contributed by atoms with Crippen molar-refractivity contribution in [2.24, 2.45) is 11.8 Å². The van der Waals surface area contributed by atoms with Crippen LogP contribution in [0.4, 0.5) is 5.69 Å². The van der Waals surface area contributed by atoms with Crippen LogP contribution in [0.15, 0.2) is 48.5 Å². The molecule has 7 nitrogen and oxygen atoms in total. The number of nitrogens with zero attached hydrogens (tertiary/aromatic N) is 3. The summed E-state index contributed by atoms with van der Waals surface area (Å²) in [5, 5.41) is 4.05. The normalized spacial score (nSPS) is 22.6. The third-order valence-electron chi connectivity index (χ3n) is 7.75. The number of amides is 2. The largest absolute Gasteiger partial charge is 0.378 e. The highest BCUT2D eigenvalue weighted by molar-refractivity contribution is 7.15. The van der Waals surface area contributed by atoms with Crippen molar-refractivity contribution in [1.82, 2.24) is 15.2 Å². The number of carbonyl (C=O) groups is 2. The summed E-state index contributed by atoms with van der Waals surface area (Å²) in [7, 11) is 0. The summed E-state index contributed by atoms with van der Waals surface area (Å²) < 4.78 is 5.48. The number of aryl methyl sites for hydroxylation is 2. The second kappa shape index (κ2) is 9.91. The number of para-hydroxylation sites is 1. The number of thiazole rings is 1. The summed E-state index contributed by atoms with van der Waals surface area (Å²) in [6.45, 7) is 8.07. The van der Waals surface area contributed by atoms with Gasteiger partial charge in [-0.3, -0.25) is 9.59 Å². The highest BCUT2D eigenvalue weighted by Gasteiger charge is 2.54. The van der Waals surface area contributed by atoms with Crippen molar-refractivity contribution >= 4 is 28.8 Å². The van der Waals surface area contributed by atoms with Gasteiger partial charge in [0.1, 0.15) is 5.69 Å². The highest BCUT2D eigenvalue weighted by atomic mass is 32.1. The van der Waals surface area contributed by atoms with Crippen molar-refractivity contribution in [3.63, 3.8) is 0 Å². The predicted octanol–water partition coefficient (Wildman–Crippen LogP) is 4.15. The third-order valence-corrected chi connectivity index (χ3v) is 8.77. The topological polar surface area (TPSA) is 74.8 Å². The van der Waals surface area contributed by atoms with E-state index in [2.05, 4.69) is 34.3 Å². The van der Waals surface area contributed by atoms with Gasteiger partial charge in [0.2, 0.25) is 0 Å². The minimum Gasteiger partial charge on any atom is -0.378 e. The van der Waals surface area contributed by atoms with Crippen LogP contribution < -0.4 is 10.2 Å². The Kier molecular flexibility index (Phi) is 6.46. The average Bonchev–Trinajstić information content (AvgIpc) is 3.43. The molecule has 1 saturated carbocycles. The molecule has 0 bridgehead atoms. The number of likely N-dealkylation sites (tertiary alicyclic amines) is 1. The number of morpholine rings is 1. The smallest absolute Gasteiger partial charge is 0.274 e. The SMILES string of the molecule is Cc1cccc(-c2sc(C)nc2C(=O)N2C[C@H]3C[C@H]3[C@H]2CNC(=O)c2ccccc2N2CCOCC2)c1. The van der Waals surface area contributed by atoms with E-state index in [1.54, 1.807) is 11.3 Å². The number of aromatic nitrogens is 1. The second-order valence-electron chi connectivity index (χ2n) is 10.3. The van der Waals surface area contributed by atoms with Crippen LogP contribution in [-0.4, -0.2) is 67.1 Å². The molecule has 2 aliphatic heterocycles. The van der Waals surface area contributed by atoms with E-state index in [0.29, 0.717) is 42.9 Å². The van der Waals surface area contributed by atoms with Gasteiger partial charge < -0.3 is 19.9 Å². The molecule has 8 heteroatoms. The third kappa shape index (κ3) is 4.76. The molecule has 3 fully saturated rings. The molecular weight excluding hydrogens is 484 g/mol. The summed E-state index contributed by atoms with van der Waals surface area (Å²) in [5.41, 5.74) is 4.32. The van der Waals surface area contributed by atoms with E-state index in [-0.39, 0.29) is 17.9 Å². The molecule has 0 spiro atoms. The number of benzene rings is 2. The van der Waals surface area contributed by atoms with Gasteiger partial charge in [0.05, 0.1) is 34.7 Å². The Morgan fingerprint density at radius 1 is 1.11 bits per heavy atom. The minimum absolute atomic E-state index is 0.00985. The first-order valence-electron chi connectivity index (χ1n) is 13.0. The predicted molar refractivity (Wildman–Crippen MR) is 145 cm³/mol. The molecule has 1 aromatic heterocycles. The van der Waals surface area contributed by atoms with E-state index in [1.165, 1.54) is 0 Å². The Hall–Kier alpha value is -3.23. The first-order chi connectivity index (χ1) is 18.0. The minimum atomic E-state index is -0.0939. The molecule has 1 aliphatic carbocycles. The maximum atomic E-state index is 13.8. The van der Waals surface area contributed by atoms with Crippen LogP contribution in [0.1, 0.15) is 37.8 Å². The maximum absolute atomic E-state index is 13.8. The van der Waals surface area contributed by atoms with E-state index >= 15 is 0 Å². The molecule has 192 valence electrons. The zero-order valence-electron chi connectivity index (χ0n) is 21.3. The fourth-order valence-corrected chi connectivity index (χ4v) is 6.70. The zero-order valence-corrected chi connectivity index (χ0v) is 22.1. The summed E-state index contributed by atoms with van der Waals surface area (Å²) in [4.78, 5) is 36.9. The zero-order chi connectivity index (χ0) is 25.5. The number of hydrogen-bond acceptors (Lipinski definition) is 6. The number of carbonyl (C=O) groups excluding carboxylic acids is 2. The number of anilines is 1. The Labute approximate surface area is 221 Å². The van der Waals surface area contributed by atoms with Crippen molar-refractivity contribution in [2.45, 2.75) is 26.3 Å². The molecule has 2 amide bonds. The van der Waals surface area contributed by atoms with E-state index in [0.717, 1.165) is 52.8 Å². The lowest BCUT2D eigenvalue weighted by atomic mass is 10.1. The Balaban J connectivity index is 1.19. The Morgan fingerprint density at radius 3 is 2.73 bits per heavy atom. The second-order valence-corrected chi connectivity index (χ2v) is 11.5. The van der Waals surface area contributed by atoms with Gasteiger partial charge in [0, 0.05) is 31.9 Å². The lowest BCUT2D eigenvalue weighted by molar-refractivity contribution is 0.0690.